The molecule has 2 N–H and O–H groups in total. The van der Waals surface area contributed by atoms with Crippen LogP contribution in [0.5, 0.6) is 0 Å². The molecule has 1 aromatic carbocycles. The van der Waals surface area contributed by atoms with Gasteiger partial charge in [-0.1, -0.05) is 30.3 Å². The Morgan fingerprint density at radius 2 is 2.05 bits per heavy atom. The Bertz CT molecular complexity index is 534. The molecule has 1 amide bonds. The van der Waals surface area contributed by atoms with Crippen molar-refractivity contribution in [2.45, 2.75) is 39.2 Å². The van der Waals surface area contributed by atoms with Crippen LogP contribution in [0.1, 0.15) is 36.3 Å². The Hall–Kier alpha value is -2.10. The average molecular weight is 271 g/mol. The largest absolute Gasteiger partial charge is 0.349 e. The summed E-state index contributed by atoms with van der Waals surface area (Å²) in [6.45, 7) is 2.42. The summed E-state index contributed by atoms with van der Waals surface area (Å²) < 4.78 is 0. The van der Waals surface area contributed by atoms with Crippen LogP contribution in [-0.4, -0.2) is 15.9 Å². The number of aromatic amines is 1. The van der Waals surface area contributed by atoms with Crippen molar-refractivity contribution in [3.05, 3.63) is 53.6 Å². The van der Waals surface area contributed by atoms with Crippen LogP contribution < -0.4 is 5.32 Å². The van der Waals surface area contributed by atoms with Gasteiger partial charge in [-0.15, -0.1) is 0 Å². The van der Waals surface area contributed by atoms with Crippen molar-refractivity contribution < 1.29 is 4.79 Å². The molecule has 0 atom stereocenters. The molecule has 2 aromatic rings. The lowest BCUT2D eigenvalue weighted by atomic mass is 10.1. The maximum absolute atomic E-state index is 11.7. The molecule has 1 aromatic heterocycles. The molecular weight excluding hydrogens is 250 g/mol. The van der Waals surface area contributed by atoms with E-state index in [0.717, 1.165) is 30.8 Å². The van der Waals surface area contributed by atoms with E-state index in [1.54, 1.807) is 6.20 Å². The predicted octanol–water partition coefficient (Wildman–Crippen LogP) is 2.75. The molecule has 0 aliphatic carbocycles. The molecule has 0 unspecified atom stereocenters. The molecule has 0 saturated carbocycles. The van der Waals surface area contributed by atoms with E-state index >= 15 is 0 Å². The van der Waals surface area contributed by atoms with E-state index in [1.165, 1.54) is 5.56 Å². The highest BCUT2D eigenvalue weighted by Gasteiger charge is 2.03. The number of nitrogens with zero attached hydrogens (tertiary/aromatic N) is 1. The number of aromatic nitrogens is 2. The molecular formula is C16H21N3O. The highest BCUT2D eigenvalue weighted by molar-refractivity contribution is 5.75. The van der Waals surface area contributed by atoms with Crippen molar-refractivity contribution in [1.82, 2.24) is 15.3 Å². The van der Waals surface area contributed by atoms with Crippen molar-refractivity contribution in [2.75, 3.05) is 0 Å². The smallest absolute Gasteiger partial charge is 0.220 e. The fourth-order valence-corrected chi connectivity index (χ4v) is 2.09. The lowest BCUT2D eigenvalue weighted by Crippen LogP contribution is -2.23. The van der Waals surface area contributed by atoms with Crippen molar-refractivity contribution >= 4 is 5.91 Å². The summed E-state index contributed by atoms with van der Waals surface area (Å²) in [5.41, 5.74) is 2.34. The molecule has 2 rings (SSSR count). The van der Waals surface area contributed by atoms with E-state index in [-0.39, 0.29) is 5.91 Å². The summed E-state index contributed by atoms with van der Waals surface area (Å²) in [4.78, 5) is 18.9. The average Bonchev–Trinajstić information content (AvgIpc) is 2.88. The molecule has 20 heavy (non-hydrogen) atoms. The highest BCUT2D eigenvalue weighted by atomic mass is 16.1. The number of H-pyrrole nitrogens is 1. The third-order valence-electron chi connectivity index (χ3n) is 3.17. The second-order valence-electron chi connectivity index (χ2n) is 4.98. The maximum Gasteiger partial charge on any atom is 0.220 e. The zero-order valence-corrected chi connectivity index (χ0v) is 11.9. The summed E-state index contributed by atoms with van der Waals surface area (Å²) in [5.74, 6) is 0.896. The molecule has 0 spiro atoms. The van der Waals surface area contributed by atoms with Gasteiger partial charge in [-0.05, 0) is 31.7 Å². The van der Waals surface area contributed by atoms with E-state index < -0.39 is 0 Å². The van der Waals surface area contributed by atoms with Crippen molar-refractivity contribution in [2.24, 2.45) is 0 Å². The fourth-order valence-electron chi connectivity index (χ4n) is 2.09. The number of carbonyl (C=O) groups excluding carboxylic acids is 1. The Labute approximate surface area is 119 Å². The first-order valence-corrected chi connectivity index (χ1v) is 7.05. The molecule has 0 aliphatic rings. The van der Waals surface area contributed by atoms with Gasteiger partial charge in [-0.25, -0.2) is 4.98 Å². The van der Waals surface area contributed by atoms with Crippen molar-refractivity contribution in [3.63, 3.8) is 0 Å². The minimum atomic E-state index is 0.0899. The lowest BCUT2D eigenvalue weighted by molar-refractivity contribution is -0.121. The first-order chi connectivity index (χ1) is 9.74. The van der Waals surface area contributed by atoms with Gasteiger partial charge in [-0.2, -0.15) is 0 Å². The van der Waals surface area contributed by atoms with E-state index in [1.807, 2.05) is 25.1 Å². The van der Waals surface area contributed by atoms with Gasteiger partial charge in [0.2, 0.25) is 5.91 Å². The van der Waals surface area contributed by atoms with Crippen LogP contribution in [-0.2, 0) is 17.8 Å². The van der Waals surface area contributed by atoms with Crippen LogP contribution in [0.2, 0.25) is 0 Å². The number of hydrogen-bond acceptors (Lipinski definition) is 2. The molecule has 0 aliphatic heterocycles. The molecule has 4 nitrogen and oxygen atoms in total. The first kappa shape index (κ1) is 14.3. The van der Waals surface area contributed by atoms with Crippen LogP contribution in [0.3, 0.4) is 0 Å². The SMILES string of the molecule is Cc1cnc(CNC(=O)CCCCc2ccccc2)[nH]1. The number of nitrogens with one attached hydrogen (secondary N) is 2. The fraction of sp³-hybridized carbons (Fsp3) is 0.375. The highest BCUT2D eigenvalue weighted by Crippen LogP contribution is 2.06. The quantitative estimate of drug-likeness (QED) is 0.761. The standard InChI is InChI=1S/C16H21N3O/c1-13-11-17-15(19-13)12-18-16(20)10-6-5-9-14-7-3-2-4-8-14/h2-4,7-8,11H,5-6,9-10,12H2,1H3,(H,17,19)(H,18,20). The van der Waals surface area contributed by atoms with Gasteiger partial charge in [0.25, 0.3) is 0 Å². The zero-order valence-electron chi connectivity index (χ0n) is 11.9. The minimum absolute atomic E-state index is 0.0899. The van der Waals surface area contributed by atoms with Gasteiger partial charge in [0.1, 0.15) is 5.82 Å². The number of rotatable bonds is 7. The van der Waals surface area contributed by atoms with Crippen molar-refractivity contribution in [3.8, 4) is 0 Å². The summed E-state index contributed by atoms with van der Waals surface area (Å²) in [5, 5.41) is 2.88. The summed E-state index contributed by atoms with van der Waals surface area (Å²) in [6, 6.07) is 10.4. The number of imidazole rings is 1. The summed E-state index contributed by atoms with van der Waals surface area (Å²) in [7, 11) is 0. The van der Waals surface area contributed by atoms with Crippen molar-refractivity contribution in [1.29, 1.82) is 0 Å². The van der Waals surface area contributed by atoms with Crippen LogP contribution >= 0.6 is 0 Å². The Morgan fingerprint density at radius 1 is 1.25 bits per heavy atom. The van der Waals surface area contributed by atoms with Gasteiger partial charge in [0.05, 0.1) is 6.54 Å². The third-order valence-corrected chi connectivity index (χ3v) is 3.17. The number of unbranched alkanes of at least 4 members (excludes halogenated alkanes) is 1. The number of benzene rings is 1. The maximum atomic E-state index is 11.7. The lowest BCUT2D eigenvalue weighted by Gasteiger charge is -2.04. The van der Waals surface area contributed by atoms with Gasteiger partial charge in [-0.3, -0.25) is 4.79 Å². The summed E-state index contributed by atoms with van der Waals surface area (Å²) >= 11 is 0. The van der Waals surface area contributed by atoms with Crippen LogP contribution in [0.4, 0.5) is 0 Å². The van der Waals surface area contributed by atoms with Crippen LogP contribution in [0.15, 0.2) is 36.5 Å². The molecule has 0 saturated heterocycles. The Balaban J connectivity index is 1.58. The van der Waals surface area contributed by atoms with Crippen LogP contribution in [0.25, 0.3) is 0 Å². The number of carbonyl (C=O) groups is 1. The normalized spacial score (nSPS) is 10.4. The van der Waals surface area contributed by atoms with Gasteiger partial charge >= 0.3 is 0 Å². The molecule has 1 heterocycles. The monoisotopic (exact) mass is 271 g/mol. The zero-order chi connectivity index (χ0) is 14.2. The third kappa shape index (κ3) is 4.88. The topological polar surface area (TPSA) is 57.8 Å². The van der Waals surface area contributed by atoms with Crippen LogP contribution in [0, 0.1) is 6.92 Å². The predicted molar refractivity (Wildman–Crippen MR) is 79.2 cm³/mol. The van der Waals surface area contributed by atoms with E-state index in [4.69, 9.17) is 0 Å². The molecule has 0 radical (unpaired) electrons. The number of aryl methyl sites for hydroxylation is 2. The van der Waals surface area contributed by atoms with E-state index in [2.05, 4.69) is 27.4 Å². The van der Waals surface area contributed by atoms with Gasteiger partial charge in [0.15, 0.2) is 0 Å². The van der Waals surface area contributed by atoms with E-state index in [9.17, 15) is 4.79 Å². The Morgan fingerprint density at radius 3 is 2.75 bits per heavy atom. The number of amides is 1. The second-order valence-corrected chi connectivity index (χ2v) is 4.98. The van der Waals surface area contributed by atoms with Gasteiger partial charge < -0.3 is 10.3 Å². The number of hydrogen-bond donors (Lipinski definition) is 2. The molecule has 0 bridgehead atoms. The molecule has 0 fully saturated rings. The first-order valence-electron chi connectivity index (χ1n) is 7.05. The Kier molecular flexibility index (Phi) is 5.35. The van der Waals surface area contributed by atoms with Gasteiger partial charge in [0, 0.05) is 18.3 Å². The minimum Gasteiger partial charge on any atom is -0.349 e. The molecule has 4 heteroatoms. The van der Waals surface area contributed by atoms with E-state index in [0.29, 0.717) is 13.0 Å². The summed E-state index contributed by atoms with van der Waals surface area (Å²) in [6.07, 6.45) is 5.33. The molecule has 106 valence electrons. The second kappa shape index (κ2) is 7.48.